The van der Waals surface area contributed by atoms with E-state index in [1.807, 2.05) is 23.0 Å². The maximum Gasteiger partial charge on any atom is 0.0713 e. The van der Waals surface area contributed by atoms with Crippen molar-refractivity contribution in [2.45, 2.75) is 13.2 Å². The van der Waals surface area contributed by atoms with Gasteiger partial charge in [0, 0.05) is 31.7 Å². The predicted molar refractivity (Wildman–Crippen MR) is 67.9 cm³/mol. The summed E-state index contributed by atoms with van der Waals surface area (Å²) in [6, 6.07) is 10.2. The van der Waals surface area contributed by atoms with Crippen molar-refractivity contribution in [3.8, 4) is 0 Å². The van der Waals surface area contributed by atoms with Gasteiger partial charge in [0.2, 0.25) is 0 Å². The fraction of sp³-hybridized carbons (Fsp3) is 0.308. The fourth-order valence-corrected chi connectivity index (χ4v) is 1.69. The normalized spacial score (nSPS) is 10.4. The van der Waals surface area contributed by atoms with Gasteiger partial charge in [-0.3, -0.25) is 4.68 Å². The average Bonchev–Trinajstić information content (AvgIpc) is 2.83. The van der Waals surface area contributed by atoms with Crippen molar-refractivity contribution < 1.29 is 4.74 Å². The van der Waals surface area contributed by atoms with E-state index in [4.69, 9.17) is 4.74 Å². The predicted octanol–water partition coefficient (Wildman–Crippen LogP) is 2.14. The Kier molecular flexibility index (Phi) is 4.16. The molecule has 0 saturated carbocycles. The molecule has 0 aliphatic heterocycles. The molecule has 0 radical (unpaired) electrons. The zero-order valence-electron chi connectivity index (χ0n) is 9.97. The van der Waals surface area contributed by atoms with Crippen LogP contribution in [-0.2, 0) is 17.9 Å². The number of benzene rings is 1. The minimum Gasteiger partial charge on any atom is -0.383 e. The molecule has 0 saturated heterocycles. The number of hydrogen-bond acceptors (Lipinski definition) is 3. The molecule has 0 aliphatic rings. The first-order valence-electron chi connectivity index (χ1n) is 5.67. The van der Waals surface area contributed by atoms with E-state index < -0.39 is 0 Å². The van der Waals surface area contributed by atoms with E-state index in [0.717, 1.165) is 18.8 Å². The van der Waals surface area contributed by atoms with E-state index in [1.165, 1.54) is 5.56 Å². The molecule has 0 spiro atoms. The summed E-state index contributed by atoms with van der Waals surface area (Å²) >= 11 is 0. The molecule has 1 aromatic heterocycles. The lowest BCUT2D eigenvalue weighted by atomic mass is 10.2. The standard InChI is InChI=1S/C13H17N3O/c1-17-11-12-4-2-5-13(10-12)14-7-9-16-8-3-6-15-16/h2-6,8,10,14H,7,9,11H2,1H3. The summed E-state index contributed by atoms with van der Waals surface area (Å²) in [5, 5.41) is 7.52. The first kappa shape index (κ1) is 11.7. The second-order valence-corrected chi connectivity index (χ2v) is 3.83. The Labute approximate surface area is 101 Å². The molecule has 0 atom stereocenters. The highest BCUT2D eigenvalue weighted by molar-refractivity contribution is 5.45. The number of aromatic nitrogens is 2. The van der Waals surface area contributed by atoms with E-state index in [2.05, 4.69) is 28.6 Å². The number of anilines is 1. The van der Waals surface area contributed by atoms with E-state index in [1.54, 1.807) is 13.3 Å². The van der Waals surface area contributed by atoms with Crippen molar-refractivity contribution in [2.75, 3.05) is 19.0 Å². The Morgan fingerprint density at radius 2 is 2.29 bits per heavy atom. The van der Waals surface area contributed by atoms with Gasteiger partial charge in [0.05, 0.1) is 13.2 Å². The Morgan fingerprint density at radius 1 is 1.35 bits per heavy atom. The van der Waals surface area contributed by atoms with Gasteiger partial charge in [0.1, 0.15) is 0 Å². The van der Waals surface area contributed by atoms with Gasteiger partial charge in [-0.05, 0) is 23.8 Å². The molecule has 0 bridgehead atoms. The second kappa shape index (κ2) is 6.06. The van der Waals surface area contributed by atoms with Gasteiger partial charge >= 0.3 is 0 Å². The maximum absolute atomic E-state index is 5.10. The molecule has 0 unspecified atom stereocenters. The Balaban J connectivity index is 1.84. The third-order valence-corrected chi connectivity index (χ3v) is 2.47. The molecular formula is C13H17N3O. The summed E-state index contributed by atoms with van der Waals surface area (Å²) in [6.07, 6.45) is 3.75. The van der Waals surface area contributed by atoms with Crippen molar-refractivity contribution in [1.29, 1.82) is 0 Å². The van der Waals surface area contributed by atoms with Crippen LogP contribution in [0, 0.1) is 0 Å². The van der Waals surface area contributed by atoms with E-state index >= 15 is 0 Å². The molecule has 1 heterocycles. The molecule has 1 aromatic carbocycles. The van der Waals surface area contributed by atoms with Crippen LogP contribution in [0.15, 0.2) is 42.7 Å². The summed E-state index contributed by atoms with van der Waals surface area (Å²) in [7, 11) is 1.71. The van der Waals surface area contributed by atoms with Gasteiger partial charge in [0.15, 0.2) is 0 Å². The fourth-order valence-electron chi connectivity index (χ4n) is 1.69. The third-order valence-electron chi connectivity index (χ3n) is 2.47. The van der Waals surface area contributed by atoms with Crippen LogP contribution in [0.3, 0.4) is 0 Å². The van der Waals surface area contributed by atoms with Gasteiger partial charge in [-0.2, -0.15) is 5.10 Å². The van der Waals surface area contributed by atoms with Crippen LogP contribution in [0.5, 0.6) is 0 Å². The van der Waals surface area contributed by atoms with E-state index in [0.29, 0.717) is 6.61 Å². The summed E-state index contributed by atoms with van der Waals surface area (Å²) < 4.78 is 7.01. The van der Waals surface area contributed by atoms with Crippen LogP contribution in [0.4, 0.5) is 5.69 Å². The summed E-state index contributed by atoms with van der Waals surface area (Å²) in [5.74, 6) is 0. The number of nitrogens with one attached hydrogen (secondary N) is 1. The molecule has 4 heteroatoms. The summed E-state index contributed by atoms with van der Waals surface area (Å²) in [6.45, 7) is 2.37. The van der Waals surface area contributed by atoms with Gasteiger partial charge in [-0.1, -0.05) is 12.1 Å². The topological polar surface area (TPSA) is 39.1 Å². The highest BCUT2D eigenvalue weighted by Gasteiger charge is 1.95. The van der Waals surface area contributed by atoms with Gasteiger partial charge in [-0.25, -0.2) is 0 Å². The van der Waals surface area contributed by atoms with Crippen LogP contribution in [0.2, 0.25) is 0 Å². The maximum atomic E-state index is 5.10. The van der Waals surface area contributed by atoms with Crippen LogP contribution in [0.1, 0.15) is 5.56 Å². The molecule has 2 aromatic rings. The summed E-state index contributed by atoms with van der Waals surface area (Å²) in [4.78, 5) is 0. The molecule has 0 amide bonds. The summed E-state index contributed by atoms with van der Waals surface area (Å²) in [5.41, 5.74) is 2.29. The van der Waals surface area contributed by atoms with Crippen molar-refractivity contribution in [3.05, 3.63) is 48.3 Å². The number of rotatable bonds is 6. The first-order valence-corrected chi connectivity index (χ1v) is 5.67. The molecule has 0 fully saturated rings. The van der Waals surface area contributed by atoms with Gasteiger partial charge < -0.3 is 10.1 Å². The van der Waals surface area contributed by atoms with Crippen LogP contribution >= 0.6 is 0 Å². The van der Waals surface area contributed by atoms with Gasteiger partial charge in [0.25, 0.3) is 0 Å². The molecule has 17 heavy (non-hydrogen) atoms. The Hall–Kier alpha value is -1.81. The lowest BCUT2D eigenvalue weighted by molar-refractivity contribution is 0.185. The monoisotopic (exact) mass is 231 g/mol. The number of nitrogens with zero attached hydrogens (tertiary/aromatic N) is 2. The first-order chi connectivity index (χ1) is 8.38. The zero-order chi connectivity index (χ0) is 11.9. The number of ether oxygens (including phenoxy) is 1. The number of methoxy groups -OCH3 is 1. The molecular weight excluding hydrogens is 214 g/mol. The average molecular weight is 231 g/mol. The lowest BCUT2D eigenvalue weighted by Gasteiger charge is -2.08. The van der Waals surface area contributed by atoms with Crippen molar-refractivity contribution >= 4 is 5.69 Å². The van der Waals surface area contributed by atoms with Crippen LogP contribution < -0.4 is 5.32 Å². The van der Waals surface area contributed by atoms with E-state index in [9.17, 15) is 0 Å². The van der Waals surface area contributed by atoms with Gasteiger partial charge in [-0.15, -0.1) is 0 Å². The van der Waals surface area contributed by atoms with Crippen LogP contribution in [0.25, 0.3) is 0 Å². The molecule has 90 valence electrons. The molecule has 0 aliphatic carbocycles. The molecule has 4 nitrogen and oxygen atoms in total. The Morgan fingerprint density at radius 3 is 3.06 bits per heavy atom. The third kappa shape index (κ3) is 3.60. The number of hydrogen-bond donors (Lipinski definition) is 1. The lowest BCUT2D eigenvalue weighted by Crippen LogP contribution is -2.10. The molecule has 2 rings (SSSR count). The molecule has 1 N–H and O–H groups in total. The minimum absolute atomic E-state index is 0.647. The second-order valence-electron chi connectivity index (χ2n) is 3.83. The van der Waals surface area contributed by atoms with Crippen molar-refractivity contribution in [2.24, 2.45) is 0 Å². The Bertz CT molecular complexity index is 440. The zero-order valence-corrected chi connectivity index (χ0v) is 9.97. The van der Waals surface area contributed by atoms with Crippen LogP contribution in [-0.4, -0.2) is 23.4 Å². The smallest absolute Gasteiger partial charge is 0.0713 e. The highest BCUT2D eigenvalue weighted by Crippen LogP contribution is 2.10. The largest absolute Gasteiger partial charge is 0.383 e. The van der Waals surface area contributed by atoms with Crippen molar-refractivity contribution in [1.82, 2.24) is 9.78 Å². The van der Waals surface area contributed by atoms with Crippen molar-refractivity contribution in [3.63, 3.8) is 0 Å². The van der Waals surface area contributed by atoms with E-state index in [-0.39, 0.29) is 0 Å². The minimum atomic E-state index is 0.647. The quantitative estimate of drug-likeness (QED) is 0.828. The highest BCUT2D eigenvalue weighted by atomic mass is 16.5. The SMILES string of the molecule is COCc1cccc(NCCn2cccn2)c1.